The van der Waals surface area contributed by atoms with Gasteiger partial charge in [-0.15, -0.1) is 0 Å². The van der Waals surface area contributed by atoms with Crippen molar-refractivity contribution in [3.8, 4) is 0 Å². The summed E-state index contributed by atoms with van der Waals surface area (Å²) in [6.07, 6.45) is 3.35. The maximum Gasteiger partial charge on any atom is 0.326 e. The standard InChI is InChI=1S/C17H29N3O4.C2H6/c1-16(2,3)23-14(21)11-19(7)10-13-18-8-9-20(13)12-15(22)24-17(4,5)6;1-2/h8-9H,10-12H2,1-7H3;1-2H3. The van der Waals surface area contributed by atoms with Crippen LogP contribution in [0.15, 0.2) is 12.4 Å². The van der Waals surface area contributed by atoms with Gasteiger partial charge in [0.25, 0.3) is 0 Å². The van der Waals surface area contributed by atoms with Crippen LogP contribution in [0.2, 0.25) is 0 Å². The molecule has 0 spiro atoms. The molecule has 150 valence electrons. The molecule has 0 aliphatic heterocycles. The number of ether oxygens (including phenoxy) is 2. The molecule has 1 heterocycles. The van der Waals surface area contributed by atoms with Gasteiger partial charge in [-0.1, -0.05) is 13.8 Å². The quantitative estimate of drug-likeness (QED) is 0.718. The predicted molar refractivity (Wildman–Crippen MR) is 102 cm³/mol. The van der Waals surface area contributed by atoms with Crippen LogP contribution in [0.1, 0.15) is 61.2 Å². The fraction of sp³-hybridized carbons (Fsp3) is 0.737. The summed E-state index contributed by atoms with van der Waals surface area (Å²) in [6, 6.07) is 0. The van der Waals surface area contributed by atoms with Crippen molar-refractivity contribution < 1.29 is 19.1 Å². The second-order valence-electron chi connectivity index (χ2n) is 7.82. The van der Waals surface area contributed by atoms with E-state index in [0.29, 0.717) is 12.4 Å². The number of nitrogens with zero attached hydrogens (tertiary/aromatic N) is 3. The maximum atomic E-state index is 11.9. The molecule has 7 heteroatoms. The second-order valence-corrected chi connectivity index (χ2v) is 7.82. The summed E-state index contributed by atoms with van der Waals surface area (Å²) in [6.45, 7) is 15.6. The minimum Gasteiger partial charge on any atom is -0.459 e. The van der Waals surface area contributed by atoms with Crippen LogP contribution in [0, 0.1) is 0 Å². The van der Waals surface area contributed by atoms with Crippen molar-refractivity contribution in [1.29, 1.82) is 0 Å². The molecule has 0 aliphatic rings. The molecule has 0 saturated heterocycles. The van der Waals surface area contributed by atoms with Crippen molar-refractivity contribution >= 4 is 11.9 Å². The van der Waals surface area contributed by atoms with Gasteiger partial charge in [0.15, 0.2) is 0 Å². The highest BCUT2D eigenvalue weighted by atomic mass is 16.6. The van der Waals surface area contributed by atoms with Crippen molar-refractivity contribution in [2.24, 2.45) is 0 Å². The van der Waals surface area contributed by atoms with Crippen LogP contribution in [0.25, 0.3) is 0 Å². The molecule has 1 aromatic rings. The highest BCUT2D eigenvalue weighted by molar-refractivity contribution is 5.72. The van der Waals surface area contributed by atoms with Gasteiger partial charge < -0.3 is 14.0 Å². The number of carbonyl (C=O) groups excluding carboxylic acids is 2. The van der Waals surface area contributed by atoms with Gasteiger partial charge in [-0.3, -0.25) is 14.5 Å². The Morgan fingerprint density at radius 1 is 1.04 bits per heavy atom. The summed E-state index contributed by atoms with van der Waals surface area (Å²) in [5.74, 6) is 0.0683. The monoisotopic (exact) mass is 369 g/mol. The number of imidazole rings is 1. The van der Waals surface area contributed by atoms with E-state index in [1.54, 1.807) is 28.9 Å². The first-order valence-corrected chi connectivity index (χ1v) is 8.98. The molecule has 7 nitrogen and oxygen atoms in total. The highest BCUT2D eigenvalue weighted by Gasteiger charge is 2.20. The third-order valence-corrected chi connectivity index (χ3v) is 2.75. The molecule has 0 aromatic carbocycles. The number of hydrogen-bond acceptors (Lipinski definition) is 6. The van der Waals surface area contributed by atoms with E-state index in [1.807, 2.05) is 55.4 Å². The largest absolute Gasteiger partial charge is 0.459 e. The van der Waals surface area contributed by atoms with Crippen molar-refractivity contribution in [1.82, 2.24) is 14.5 Å². The molecule has 0 bridgehead atoms. The normalized spacial score (nSPS) is 11.6. The molecule has 0 saturated carbocycles. The van der Waals surface area contributed by atoms with Crippen molar-refractivity contribution in [3.05, 3.63) is 18.2 Å². The van der Waals surface area contributed by atoms with Gasteiger partial charge in [0.05, 0.1) is 13.1 Å². The first-order chi connectivity index (χ1) is 11.9. The zero-order chi connectivity index (χ0) is 20.5. The molecule has 1 aromatic heterocycles. The van der Waals surface area contributed by atoms with Gasteiger partial charge >= 0.3 is 11.9 Å². The predicted octanol–water partition coefficient (Wildman–Crippen LogP) is 3.02. The lowest BCUT2D eigenvalue weighted by Crippen LogP contribution is -2.33. The zero-order valence-corrected chi connectivity index (χ0v) is 17.8. The van der Waals surface area contributed by atoms with Crippen molar-refractivity contribution in [2.45, 2.75) is 79.7 Å². The summed E-state index contributed by atoms with van der Waals surface area (Å²) in [7, 11) is 1.80. The molecule has 26 heavy (non-hydrogen) atoms. The summed E-state index contributed by atoms with van der Waals surface area (Å²) in [5, 5.41) is 0. The molecular formula is C19H35N3O4. The smallest absolute Gasteiger partial charge is 0.326 e. The number of esters is 2. The van der Waals surface area contributed by atoms with E-state index < -0.39 is 11.2 Å². The van der Waals surface area contributed by atoms with E-state index in [2.05, 4.69) is 4.98 Å². The Bertz CT molecular complexity index is 568. The van der Waals surface area contributed by atoms with Crippen LogP contribution in [-0.2, 0) is 32.2 Å². The topological polar surface area (TPSA) is 73.7 Å². The first-order valence-electron chi connectivity index (χ1n) is 8.98. The van der Waals surface area contributed by atoms with Crippen LogP contribution in [0.5, 0.6) is 0 Å². The number of rotatable bonds is 6. The summed E-state index contributed by atoms with van der Waals surface area (Å²) >= 11 is 0. The van der Waals surface area contributed by atoms with E-state index in [9.17, 15) is 9.59 Å². The lowest BCUT2D eigenvalue weighted by atomic mass is 10.2. The Labute approximate surface area is 157 Å². The molecule has 0 atom stereocenters. The Kier molecular flexibility index (Phi) is 9.56. The number of carbonyl (C=O) groups is 2. The van der Waals surface area contributed by atoms with Crippen LogP contribution in [0.4, 0.5) is 0 Å². The van der Waals surface area contributed by atoms with E-state index in [4.69, 9.17) is 9.47 Å². The summed E-state index contributed by atoms with van der Waals surface area (Å²) < 4.78 is 12.3. The molecule has 0 amide bonds. The van der Waals surface area contributed by atoms with Gasteiger partial charge in [-0.05, 0) is 48.6 Å². The Morgan fingerprint density at radius 2 is 1.54 bits per heavy atom. The molecule has 0 fully saturated rings. The minimum absolute atomic E-state index is 0.0902. The zero-order valence-electron chi connectivity index (χ0n) is 17.8. The van der Waals surface area contributed by atoms with Crippen LogP contribution in [-0.4, -0.2) is 51.2 Å². The average Bonchev–Trinajstić information content (AvgIpc) is 2.83. The van der Waals surface area contributed by atoms with Gasteiger partial charge in [-0.25, -0.2) is 4.98 Å². The van der Waals surface area contributed by atoms with Crippen LogP contribution < -0.4 is 0 Å². The van der Waals surface area contributed by atoms with E-state index in [0.717, 1.165) is 0 Å². The molecule has 0 aliphatic carbocycles. The fourth-order valence-corrected chi connectivity index (χ4v) is 2.04. The fourth-order valence-electron chi connectivity index (χ4n) is 2.04. The van der Waals surface area contributed by atoms with Gasteiger partial charge in [0.2, 0.25) is 0 Å². The van der Waals surface area contributed by atoms with Gasteiger partial charge in [-0.2, -0.15) is 0 Å². The Morgan fingerprint density at radius 3 is 2.04 bits per heavy atom. The van der Waals surface area contributed by atoms with E-state index in [1.165, 1.54) is 0 Å². The Balaban J connectivity index is 0.00000301. The highest BCUT2D eigenvalue weighted by Crippen LogP contribution is 2.10. The lowest BCUT2D eigenvalue weighted by molar-refractivity contribution is -0.157. The molecule has 0 radical (unpaired) electrons. The second kappa shape index (κ2) is 10.3. The Hall–Kier alpha value is -1.89. The molecule has 1 rings (SSSR count). The van der Waals surface area contributed by atoms with Gasteiger partial charge in [0.1, 0.15) is 23.6 Å². The van der Waals surface area contributed by atoms with Crippen molar-refractivity contribution in [3.63, 3.8) is 0 Å². The van der Waals surface area contributed by atoms with Crippen LogP contribution in [0.3, 0.4) is 0 Å². The lowest BCUT2D eigenvalue weighted by Gasteiger charge is -2.23. The molecular weight excluding hydrogens is 334 g/mol. The number of likely N-dealkylation sites (N-methyl/N-ethyl adjacent to an activating group) is 1. The third kappa shape index (κ3) is 10.9. The average molecular weight is 370 g/mol. The SMILES string of the molecule is CC.CN(CC(=O)OC(C)(C)C)Cc1nccn1CC(=O)OC(C)(C)C. The summed E-state index contributed by atoms with van der Waals surface area (Å²) in [4.78, 5) is 29.8. The van der Waals surface area contributed by atoms with Crippen molar-refractivity contribution in [2.75, 3.05) is 13.6 Å². The molecule has 0 N–H and O–H groups in total. The maximum absolute atomic E-state index is 11.9. The summed E-state index contributed by atoms with van der Waals surface area (Å²) in [5.41, 5.74) is -1.03. The van der Waals surface area contributed by atoms with Gasteiger partial charge in [0, 0.05) is 12.4 Å². The minimum atomic E-state index is -0.522. The number of aromatic nitrogens is 2. The van der Waals surface area contributed by atoms with Crippen LogP contribution >= 0.6 is 0 Å². The third-order valence-electron chi connectivity index (χ3n) is 2.75. The number of hydrogen-bond donors (Lipinski definition) is 0. The van der Waals surface area contributed by atoms with E-state index >= 15 is 0 Å². The molecule has 0 unspecified atom stereocenters. The first kappa shape index (κ1) is 24.1. The van der Waals surface area contributed by atoms with E-state index in [-0.39, 0.29) is 25.0 Å².